The minimum absolute atomic E-state index is 0.0418. The zero-order valence-corrected chi connectivity index (χ0v) is 14.3. The van der Waals surface area contributed by atoms with Crippen molar-refractivity contribution in [2.45, 2.75) is 19.6 Å². The minimum Gasteiger partial charge on any atom is -0.489 e. The normalized spacial score (nSPS) is 12.2. The molecule has 100 valence electrons. The molecule has 0 bridgehead atoms. The van der Waals surface area contributed by atoms with Crippen molar-refractivity contribution in [2.24, 2.45) is 5.73 Å². The van der Waals surface area contributed by atoms with Crippen LogP contribution in [0.15, 0.2) is 46.9 Å². The number of halogens is 2. The highest BCUT2D eigenvalue weighted by Gasteiger charge is 2.09. The highest BCUT2D eigenvalue weighted by atomic mass is 127. The van der Waals surface area contributed by atoms with E-state index >= 15 is 0 Å². The molecule has 0 saturated carbocycles. The molecule has 0 unspecified atom stereocenters. The second-order valence-electron chi connectivity index (χ2n) is 4.39. The Balaban J connectivity index is 2.14. The number of hydrogen-bond acceptors (Lipinski definition) is 2. The van der Waals surface area contributed by atoms with Crippen molar-refractivity contribution >= 4 is 38.5 Å². The number of hydrogen-bond donors (Lipinski definition) is 1. The number of ether oxygens (including phenoxy) is 1. The van der Waals surface area contributed by atoms with Gasteiger partial charge in [-0.05, 0) is 59.3 Å². The third-order valence-corrected chi connectivity index (χ3v) is 3.99. The third kappa shape index (κ3) is 4.19. The average molecular weight is 432 g/mol. The van der Waals surface area contributed by atoms with Gasteiger partial charge in [-0.2, -0.15) is 0 Å². The summed E-state index contributed by atoms with van der Waals surface area (Å²) in [6.45, 7) is 2.51. The lowest BCUT2D eigenvalue weighted by Crippen LogP contribution is -2.08. The average Bonchev–Trinajstić information content (AvgIpc) is 2.38. The van der Waals surface area contributed by atoms with Crippen LogP contribution in [0.2, 0.25) is 0 Å². The van der Waals surface area contributed by atoms with Crippen molar-refractivity contribution in [3.8, 4) is 5.75 Å². The molecule has 0 aliphatic rings. The number of benzene rings is 2. The summed E-state index contributed by atoms with van der Waals surface area (Å²) in [5.41, 5.74) is 8.13. The van der Waals surface area contributed by atoms with Gasteiger partial charge >= 0.3 is 0 Å². The first kappa shape index (κ1) is 14.8. The van der Waals surface area contributed by atoms with Crippen molar-refractivity contribution in [3.05, 3.63) is 61.6 Å². The van der Waals surface area contributed by atoms with Crippen molar-refractivity contribution in [2.75, 3.05) is 0 Å². The maximum Gasteiger partial charge on any atom is 0.125 e. The summed E-state index contributed by atoms with van der Waals surface area (Å²) in [6, 6.07) is 14.2. The zero-order chi connectivity index (χ0) is 13.8. The molecular weight excluding hydrogens is 417 g/mol. The van der Waals surface area contributed by atoms with Crippen LogP contribution < -0.4 is 10.5 Å². The fourth-order valence-electron chi connectivity index (χ4n) is 1.75. The van der Waals surface area contributed by atoms with Crippen molar-refractivity contribution in [1.29, 1.82) is 0 Å². The van der Waals surface area contributed by atoms with E-state index in [4.69, 9.17) is 10.5 Å². The van der Waals surface area contributed by atoms with Gasteiger partial charge in [-0.15, -0.1) is 0 Å². The Labute approximate surface area is 135 Å². The van der Waals surface area contributed by atoms with Crippen LogP contribution >= 0.6 is 38.5 Å². The quantitative estimate of drug-likeness (QED) is 0.715. The van der Waals surface area contributed by atoms with Crippen LogP contribution in [0.1, 0.15) is 24.1 Å². The number of rotatable bonds is 4. The van der Waals surface area contributed by atoms with Crippen LogP contribution in [0.4, 0.5) is 0 Å². The van der Waals surface area contributed by atoms with Crippen LogP contribution in [0.3, 0.4) is 0 Å². The van der Waals surface area contributed by atoms with Crippen LogP contribution in [-0.2, 0) is 6.61 Å². The lowest BCUT2D eigenvalue weighted by atomic mass is 10.1. The highest BCUT2D eigenvalue weighted by Crippen LogP contribution is 2.28. The van der Waals surface area contributed by atoms with Crippen molar-refractivity contribution in [3.63, 3.8) is 0 Å². The molecule has 0 radical (unpaired) electrons. The molecule has 0 aliphatic heterocycles. The summed E-state index contributed by atoms with van der Waals surface area (Å²) < 4.78 is 8.11. The van der Waals surface area contributed by atoms with Gasteiger partial charge in [-0.1, -0.05) is 34.1 Å². The van der Waals surface area contributed by atoms with E-state index in [0.717, 1.165) is 21.3 Å². The molecule has 2 N–H and O–H groups in total. The summed E-state index contributed by atoms with van der Waals surface area (Å²) in [5, 5.41) is 0. The molecule has 0 fully saturated rings. The van der Waals surface area contributed by atoms with E-state index in [1.807, 2.05) is 25.1 Å². The maximum absolute atomic E-state index is 5.96. The SMILES string of the molecule is C[C@H](N)c1ccc(Br)cc1OCc1ccc(I)cc1. The fourth-order valence-corrected chi connectivity index (χ4v) is 2.45. The van der Waals surface area contributed by atoms with E-state index in [9.17, 15) is 0 Å². The molecule has 0 aliphatic carbocycles. The molecule has 0 aromatic heterocycles. The molecule has 19 heavy (non-hydrogen) atoms. The van der Waals surface area contributed by atoms with E-state index in [1.54, 1.807) is 0 Å². The van der Waals surface area contributed by atoms with E-state index in [1.165, 1.54) is 3.57 Å². The Morgan fingerprint density at radius 1 is 1.21 bits per heavy atom. The van der Waals surface area contributed by atoms with Gasteiger partial charge in [0.2, 0.25) is 0 Å². The topological polar surface area (TPSA) is 35.2 Å². The summed E-state index contributed by atoms with van der Waals surface area (Å²) in [7, 11) is 0. The molecule has 2 aromatic rings. The molecule has 2 aromatic carbocycles. The van der Waals surface area contributed by atoms with Gasteiger partial charge in [-0.3, -0.25) is 0 Å². The van der Waals surface area contributed by atoms with E-state index in [2.05, 4.69) is 62.8 Å². The van der Waals surface area contributed by atoms with Gasteiger partial charge in [0.15, 0.2) is 0 Å². The highest BCUT2D eigenvalue weighted by molar-refractivity contribution is 14.1. The van der Waals surface area contributed by atoms with Crippen molar-refractivity contribution in [1.82, 2.24) is 0 Å². The predicted octanol–water partition coefficient (Wildman–Crippen LogP) is 4.65. The minimum atomic E-state index is -0.0418. The van der Waals surface area contributed by atoms with E-state index in [0.29, 0.717) is 6.61 Å². The molecule has 1 atom stereocenters. The van der Waals surface area contributed by atoms with E-state index in [-0.39, 0.29) is 6.04 Å². The summed E-state index contributed by atoms with van der Waals surface area (Å²) in [6.07, 6.45) is 0. The molecule has 0 amide bonds. The largest absolute Gasteiger partial charge is 0.489 e. The Morgan fingerprint density at radius 3 is 2.53 bits per heavy atom. The maximum atomic E-state index is 5.96. The molecule has 4 heteroatoms. The Hall–Kier alpha value is -0.590. The predicted molar refractivity (Wildman–Crippen MR) is 90.2 cm³/mol. The van der Waals surface area contributed by atoms with Gasteiger partial charge in [0.1, 0.15) is 12.4 Å². The molecule has 0 spiro atoms. The van der Waals surface area contributed by atoms with Gasteiger partial charge in [0.05, 0.1) is 0 Å². The van der Waals surface area contributed by atoms with Crippen LogP contribution in [0, 0.1) is 3.57 Å². The lowest BCUT2D eigenvalue weighted by Gasteiger charge is -2.14. The first-order valence-electron chi connectivity index (χ1n) is 5.98. The van der Waals surface area contributed by atoms with Crippen LogP contribution in [0.25, 0.3) is 0 Å². The first-order chi connectivity index (χ1) is 9.06. The van der Waals surface area contributed by atoms with Crippen LogP contribution in [0.5, 0.6) is 5.75 Å². The lowest BCUT2D eigenvalue weighted by molar-refractivity contribution is 0.301. The van der Waals surface area contributed by atoms with Crippen LogP contribution in [-0.4, -0.2) is 0 Å². The molecular formula is C15H15BrINO. The molecule has 0 heterocycles. The summed E-state index contributed by atoms with van der Waals surface area (Å²) >= 11 is 5.75. The molecule has 2 rings (SSSR count). The van der Waals surface area contributed by atoms with Gasteiger partial charge in [0.25, 0.3) is 0 Å². The molecule has 2 nitrogen and oxygen atoms in total. The Bertz CT molecular complexity index is 555. The van der Waals surface area contributed by atoms with E-state index < -0.39 is 0 Å². The number of nitrogens with two attached hydrogens (primary N) is 1. The van der Waals surface area contributed by atoms with Gasteiger partial charge < -0.3 is 10.5 Å². The van der Waals surface area contributed by atoms with Crippen molar-refractivity contribution < 1.29 is 4.74 Å². The smallest absolute Gasteiger partial charge is 0.125 e. The van der Waals surface area contributed by atoms with Gasteiger partial charge in [-0.25, -0.2) is 0 Å². The monoisotopic (exact) mass is 431 g/mol. The zero-order valence-electron chi connectivity index (χ0n) is 10.6. The Kier molecular flexibility index (Phi) is 5.24. The second kappa shape index (κ2) is 6.72. The standard InChI is InChI=1S/C15H15BrINO/c1-10(18)14-7-4-12(16)8-15(14)19-9-11-2-5-13(17)6-3-11/h2-8,10H,9,18H2,1H3/t10-/m0/s1. The second-order valence-corrected chi connectivity index (χ2v) is 6.55. The Morgan fingerprint density at radius 2 is 1.89 bits per heavy atom. The summed E-state index contributed by atoms with van der Waals surface area (Å²) in [5.74, 6) is 0.836. The molecule has 0 saturated heterocycles. The first-order valence-corrected chi connectivity index (χ1v) is 7.85. The third-order valence-electron chi connectivity index (χ3n) is 2.77. The van der Waals surface area contributed by atoms with Gasteiger partial charge in [0, 0.05) is 19.6 Å². The fraction of sp³-hybridized carbons (Fsp3) is 0.200. The summed E-state index contributed by atoms with van der Waals surface area (Å²) in [4.78, 5) is 0.